The van der Waals surface area contributed by atoms with E-state index < -0.39 is 0 Å². The fourth-order valence-electron chi connectivity index (χ4n) is 3.14. The molecule has 4 rings (SSSR count). The average Bonchev–Trinajstić information content (AvgIpc) is 2.92. The van der Waals surface area contributed by atoms with Crippen LogP contribution in [0.3, 0.4) is 0 Å². The number of fused-ring (bicyclic) bond motifs is 3. The lowest BCUT2D eigenvalue weighted by Gasteiger charge is -2.10. The van der Waals surface area contributed by atoms with E-state index >= 15 is 0 Å². The summed E-state index contributed by atoms with van der Waals surface area (Å²) < 4.78 is 1.90. The summed E-state index contributed by atoms with van der Waals surface area (Å²) in [7, 11) is 0. The normalized spacial score (nSPS) is 12.7. The van der Waals surface area contributed by atoms with Crippen LogP contribution in [0.1, 0.15) is 24.5 Å². The van der Waals surface area contributed by atoms with Crippen molar-refractivity contribution in [2.45, 2.75) is 33.2 Å². The zero-order valence-corrected chi connectivity index (χ0v) is 14.8. The molecular weight excluding hydrogens is 328 g/mol. The highest BCUT2D eigenvalue weighted by Gasteiger charge is 2.20. The monoisotopic (exact) mass is 348 g/mol. The lowest BCUT2D eigenvalue weighted by molar-refractivity contribution is -0.114. The third-order valence-corrected chi connectivity index (χ3v) is 4.40. The van der Waals surface area contributed by atoms with Crippen molar-refractivity contribution in [2.75, 3.05) is 10.6 Å². The molecule has 0 aliphatic carbocycles. The molecule has 1 amide bonds. The van der Waals surface area contributed by atoms with Crippen LogP contribution >= 0.6 is 0 Å². The van der Waals surface area contributed by atoms with E-state index in [0.29, 0.717) is 11.8 Å². The van der Waals surface area contributed by atoms with Crippen molar-refractivity contribution >= 4 is 23.4 Å². The van der Waals surface area contributed by atoms with Crippen LogP contribution in [0.2, 0.25) is 0 Å². The predicted octanol–water partition coefficient (Wildman–Crippen LogP) is 3.30. The maximum Gasteiger partial charge on any atom is 0.227 e. The number of carbonyl (C=O) groups is 1. The fourth-order valence-corrected chi connectivity index (χ4v) is 3.14. The van der Waals surface area contributed by atoms with Crippen LogP contribution < -0.4 is 10.6 Å². The number of hydrogen-bond donors (Lipinski definition) is 2. The summed E-state index contributed by atoms with van der Waals surface area (Å²) in [6.45, 7) is 4.30. The second kappa shape index (κ2) is 6.59. The molecule has 1 aliphatic heterocycles. The highest BCUT2D eigenvalue weighted by atomic mass is 16.1. The Morgan fingerprint density at radius 3 is 2.92 bits per heavy atom. The number of carbonyl (C=O) groups excluding carboxylic acids is 1. The fraction of sp³-hybridized carbons (Fsp3) is 0.263. The molecule has 0 saturated heterocycles. The largest absolute Gasteiger partial charge is 0.324 e. The van der Waals surface area contributed by atoms with Gasteiger partial charge in [0.1, 0.15) is 0 Å². The first-order valence-electron chi connectivity index (χ1n) is 8.64. The van der Waals surface area contributed by atoms with Crippen LogP contribution in [-0.4, -0.2) is 25.7 Å². The van der Waals surface area contributed by atoms with E-state index in [-0.39, 0.29) is 5.91 Å². The number of nitrogens with zero attached hydrogens (tertiary/aromatic N) is 4. The zero-order valence-electron chi connectivity index (χ0n) is 14.8. The lowest BCUT2D eigenvalue weighted by Crippen LogP contribution is -2.07. The van der Waals surface area contributed by atoms with Gasteiger partial charge >= 0.3 is 0 Å². The Balaban J connectivity index is 1.73. The molecule has 0 spiro atoms. The molecule has 26 heavy (non-hydrogen) atoms. The molecule has 2 N–H and O–H groups in total. The smallest absolute Gasteiger partial charge is 0.227 e. The minimum absolute atomic E-state index is 0.136. The Morgan fingerprint density at radius 2 is 2.12 bits per heavy atom. The Labute approximate surface area is 151 Å². The molecule has 0 fully saturated rings. The van der Waals surface area contributed by atoms with E-state index in [1.54, 1.807) is 0 Å². The summed E-state index contributed by atoms with van der Waals surface area (Å²) >= 11 is 0. The average molecular weight is 348 g/mol. The molecule has 7 heteroatoms. The summed E-state index contributed by atoms with van der Waals surface area (Å²) in [6, 6.07) is 9.90. The maximum atomic E-state index is 11.3. The van der Waals surface area contributed by atoms with E-state index in [0.717, 1.165) is 47.6 Å². The molecule has 0 atom stereocenters. The van der Waals surface area contributed by atoms with Gasteiger partial charge in [0.15, 0.2) is 5.82 Å². The third kappa shape index (κ3) is 3.15. The number of aromatic nitrogens is 4. The van der Waals surface area contributed by atoms with Crippen molar-refractivity contribution < 1.29 is 4.79 Å². The molecule has 0 radical (unpaired) electrons. The van der Waals surface area contributed by atoms with Crippen LogP contribution in [-0.2, 0) is 17.8 Å². The van der Waals surface area contributed by atoms with Gasteiger partial charge in [-0.3, -0.25) is 9.48 Å². The molecule has 3 heterocycles. The van der Waals surface area contributed by atoms with Crippen LogP contribution in [0.25, 0.3) is 11.4 Å². The molecule has 0 unspecified atom stereocenters. The first-order chi connectivity index (χ1) is 12.6. The van der Waals surface area contributed by atoms with E-state index in [2.05, 4.69) is 20.7 Å². The molecule has 7 nitrogen and oxygen atoms in total. The van der Waals surface area contributed by atoms with Crippen molar-refractivity contribution in [1.29, 1.82) is 0 Å². The van der Waals surface area contributed by atoms with Gasteiger partial charge in [0, 0.05) is 31.4 Å². The SMILES string of the molecule is CC(=O)Nc1cc2n(n1)CCCc1cnc(Nc3ccccc3C)nc1-2. The second-order valence-electron chi connectivity index (χ2n) is 6.43. The Bertz CT molecular complexity index is 978. The summed E-state index contributed by atoms with van der Waals surface area (Å²) in [6.07, 6.45) is 3.73. The minimum Gasteiger partial charge on any atom is -0.324 e. The van der Waals surface area contributed by atoms with Gasteiger partial charge in [-0.15, -0.1) is 0 Å². The minimum atomic E-state index is -0.136. The Hall–Kier alpha value is -3.22. The number of amides is 1. The molecule has 0 saturated carbocycles. The van der Waals surface area contributed by atoms with Crippen LogP contribution in [0, 0.1) is 6.92 Å². The highest BCUT2D eigenvalue weighted by molar-refractivity contribution is 5.88. The first kappa shape index (κ1) is 16.3. The van der Waals surface area contributed by atoms with Gasteiger partial charge in [0.25, 0.3) is 0 Å². The summed E-state index contributed by atoms with van der Waals surface area (Å²) in [5.74, 6) is 0.962. The highest BCUT2D eigenvalue weighted by Crippen LogP contribution is 2.30. The van der Waals surface area contributed by atoms with Gasteiger partial charge in [-0.05, 0) is 37.0 Å². The Morgan fingerprint density at radius 1 is 1.27 bits per heavy atom. The lowest BCUT2D eigenvalue weighted by atomic mass is 10.1. The van der Waals surface area contributed by atoms with Gasteiger partial charge in [0.05, 0.1) is 11.4 Å². The van der Waals surface area contributed by atoms with Crippen molar-refractivity contribution in [2.24, 2.45) is 0 Å². The number of nitrogens with one attached hydrogen (secondary N) is 2. The number of rotatable bonds is 3. The van der Waals surface area contributed by atoms with E-state index in [1.807, 2.05) is 48.1 Å². The number of para-hydroxylation sites is 1. The second-order valence-corrected chi connectivity index (χ2v) is 6.43. The van der Waals surface area contributed by atoms with Crippen LogP contribution in [0.5, 0.6) is 0 Å². The van der Waals surface area contributed by atoms with Crippen molar-refractivity contribution in [3.8, 4) is 11.4 Å². The molecule has 3 aromatic rings. The molecule has 132 valence electrons. The van der Waals surface area contributed by atoms with E-state index in [1.165, 1.54) is 6.92 Å². The number of hydrogen-bond acceptors (Lipinski definition) is 5. The Kier molecular flexibility index (Phi) is 4.12. The van der Waals surface area contributed by atoms with Gasteiger partial charge in [-0.25, -0.2) is 9.97 Å². The van der Waals surface area contributed by atoms with E-state index in [4.69, 9.17) is 4.98 Å². The van der Waals surface area contributed by atoms with Crippen molar-refractivity contribution in [3.63, 3.8) is 0 Å². The topological polar surface area (TPSA) is 84.7 Å². The predicted molar refractivity (Wildman–Crippen MR) is 100 cm³/mol. The van der Waals surface area contributed by atoms with Gasteiger partial charge in [-0.1, -0.05) is 18.2 Å². The zero-order chi connectivity index (χ0) is 18.1. The van der Waals surface area contributed by atoms with Gasteiger partial charge in [-0.2, -0.15) is 5.10 Å². The van der Waals surface area contributed by atoms with Gasteiger partial charge < -0.3 is 10.6 Å². The number of anilines is 3. The quantitative estimate of drug-likeness (QED) is 0.759. The van der Waals surface area contributed by atoms with Crippen molar-refractivity contribution in [3.05, 3.63) is 47.7 Å². The third-order valence-electron chi connectivity index (χ3n) is 4.40. The molecule has 1 aromatic carbocycles. The van der Waals surface area contributed by atoms with Crippen LogP contribution in [0.15, 0.2) is 36.5 Å². The van der Waals surface area contributed by atoms with E-state index in [9.17, 15) is 4.79 Å². The van der Waals surface area contributed by atoms with Crippen molar-refractivity contribution in [1.82, 2.24) is 19.7 Å². The number of aryl methyl sites for hydroxylation is 3. The summed E-state index contributed by atoms with van der Waals surface area (Å²) in [5.41, 5.74) is 4.96. The standard InChI is InChI=1S/C19H20N6O/c1-12-6-3-4-8-15(12)22-19-20-11-14-7-5-9-25-16(18(14)23-19)10-17(24-25)21-13(2)26/h3-4,6,8,10-11H,5,7,9H2,1-2H3,(H,20,22,23)(H,21,24,26). The number of benzene rings is 1. The maximum absolute atomic E-state index is 11.3. The summed E-state index contributed by atoms with van der Waals surface area (Å²) in [5, 5.41) is 10.5. The first-order valence-corrected chi connectivity index (χ1v) is 8.64. The summed E-state index contributed by atoms with van der Waals surface area (Å²) in [4.78, 5) is 20.6. The van der Waals surface area contributed by atoms with Crippen LogP contribution in [0.4, 0.5) is 17.5 Å². The van der Waals surface area contributed by atoms with Gasteiger partial charge in [0.2, 0.25) is 11.9 Å². The molecular formula is C19H20N6O. The molecule has 0 bridgehead atoms. The molecule has 1 aliphatic rings. The molecule has 2 aromatic heterocycles.